The molecule has 5 heteroatoms. The summed E-state index contributed by atoms with van der Waals surface area (Å²) in [4.78, 5) is 24.2. The van der Waals surface area contributed by atoms with Gasteiger partial charge in [-0.1, -0.05) is 0 Å². The second kappa shape index (κ2) is 5.04. The van der Waals surface area contributed by atoms with E-state index in [1.54, 1.807) is 7.05 Å². The van der Waals surface area contributed by atoms with E-state index in [0.717, 1.165) is 19.3 Å². The maximum atomic E-state index is 12.2. The number of amides is 3. The maximum Gasteiger partial charge on any atom is 0.525 e. The fraction of sp³-hybridized carbons (Fsp3) is 0.833. The van der Waals surface area contributed by atoms with Crippen molar-refractivity contribution >= 4 is 12.1 Å². The summed E-state index contributed by atoms with van der Waals surface area (Å²) >= 11 is 0. The van der Waals surface area contributed by atoms with Crippen LogP contribution in [0.4, 0.5) is 9.59 Å². The van der Waals surface area contributed by atoms with Crippen LogP contribution in [0.15, 0.2) is 0 Å². The number of hydrogen-bond donors (Lipinski definition) is 1. The van der Waals surface area contributed by atoms with Crippen molar-refractivity contribution < 1.29 is 18.8 Å². The zero-order valence-corrected chi connectivity index (χ0v) is 11.2. The molecule has 0 radical (unpaired) electrons. The lowest BCUT2D eigenvalue weighted by Gasteiger charge is -2.35. The average molecular weight is 243 g/mol. The topological polar surface area (TPSA) is 55.4 Å². The molecule has 1 heterocycles. The number of rotatable bonds is 0. The van der Waals surface area contributed by atoms with Gasteiger partial charge in [0.25, 0.3) is 0 Å². The van der Waals surface area contributed by atoms with Crippen LogP contribution in [0.3, 0.4) is 0 Å². The van der Waals surface area contributed by atoms with E-state index in [-0.39, 0.29) is 10.5 Å². The normalized spacial score (nSPS) is 19.5. The third-order valence-corrected chi connectivity index (χ3v) is 2.93. The van der Waals surface area contributed by atoms with Crippen LogP contribution in [0.5, 0.6) is 0 Å². The molecule has 0 bridgehead atoms. The molecule has 17 heavy (non-hydrogen) atoms. The number of hydrogen-bond acceptors (Lipinski definition) is 3. The van der Waals surface area contributed by atoms with Crippen LogP contribution in [0.25, 0.3) is 0 Å². The minimum atomic E-state index is -0.562. The van der Waals surface area contributed by atoms with Crippen LogP contribution in [0, 0.1) is 0 Å². The van der Waals surface area contributed by atoms with Gasteiger partial charge in [0.05, 0.1) is 13.1 Å². The average Bonchev–Trinajstić information content (AvgIpc) is 2.26. The molecule has 0 aromatic heterocycles. The van der Waals surface area contributed by atoms with Gasteiger partial charge in [-0.15, -0.1) is 4.48 Å². The monoisotopic (exact) mass is 243 g/mol. The summed E-state index contributed by atoms with van der Waals surface area (Å²) in [6.45, 7) is 6.52. The summed E-state index contributed by atoms with van der Waals surface area (Å²) in [5.41, 5.74) is -0.562. The molecule has 0 spiro atoms. The predicted octanol–water partition coefficient (Wildman–Crippen LogP) is 2.26. The van der Waals surface area contributed by atoms with Crippen molar-refractivity contribution in [1.29, 1.82) is 0 Å². The van der Waals surface area contributed by atoms with Crippen LogP contribution >= 0.6 is 0 Å². The lowest BCUT2D eigenvalue weighted by molar-refractivity contribution is -0.784. The quantitative estimate of drug-likeness (QED) is 0.664. The molecule has 0 atom stereocenters. The van der Waals surface area contributed by atoms with Gasteiger partial charge in [-0.3, -0.25) is 0 Å². The van der Waals surface area contributed by atoms with Crippen molar-refractivity contribution in [2.24, 2.45) is 0 Å². The number of nitrogens with zero attached hydrogens (tertiary/aromatic N) is 1. The first kappa shape index (κ1) is 14.0. The highest BCUT2D eigenvalue weighted by Gasteiger charge is 2.48. The molecule has 98 valence electrons. The van der Waals surface area contributed by atoms with E-state index >= 15 is 0 Å². The highest BCUT2D eigenvalue weighted by molar-refractivity contribution is 5.79. The van der Waals surface area contributed by atoms with Crippen molar-refractivity contribution in [3.05, 3.63) is 0 Å². The SMILES string of the molecule is CNC(=O)[N+]1(C(=O)OC(C)(C)C)CCCCC1. The molecular weight excluding hydrogens is 220 g/mol. The Kier molecular flexibility index (Phi) is 4.14. The van der Waals surface area contributed by atoms with Crippen LogP contribution in [-0.2, 0) is 4.74 Å². The molecule has 1 rings (SSSR count). The first-order chi connectivity index (χ1) is 7.82. The molecule has 5 nitrogen and oxygen atoms in total. The molecule has 0 unspecified atom stereocenters. The van der Waals surface area contributed by atoms with Gasteiger partial charge < -0.3 is 10.1 Å². The third-order valence-electron chi connectivity index (χ3n) is 2.93. The van der Waals surface area contributed by atoms with Gasteiger partial charge in [0, 0.05) is 7.05 Å². The molecule has 1 aliphatic rings. The van der Waals surface area contributed by atoms with E-state index in [9.17, 15) is 9.59 Å². The number of carbonyl (C=O) groups excluding carboxylic acids is 2. The van der Waals surface area contributed by atoms with Gasteiger partial charge in [-0.2, -0.15) is 4.79 Å². The minimum Gasteiger partial charge on any atom is -0.414 e. The molecule has 1 aliphatic heterocycles. The van der Waals surface area contributed by atoms with E-state index in [1.807, 2.05) is 20.8 Å². The third kappa shape index (κ3) is 3.19. The Morgan fingerprint density at radius 2 is 1.65 bits per heavy atom. The zero-order chi connectivity index (χ0) is 13.1. The Balaban J connectivity index is 2.90. The van der Waals surface area contributed by atoms with Gasteiger partial charge in [0.1, 0.15) is 5.60 Å². The standard InChI is InChI=1S/C12H22N2O3/c1-12(2,3)17-11(16)14(10(15)13-4)8-6-5-7-9-14/h5-9H2,1-4H3/p+1. The Morgan fingerprint density at radius 1 is 1.12 bits per heavy atom. The lowest BCUT2D eigenvalue weighted by Crippen LogP contribution is -2.63. The fourth-order valence-electron chi connectivity index (χ4n) is 2.08. The van der Waals surface area contributed by atoms with Crippen molar-refractivity contribution in [3.63, 3.8) is 0 Å². The molecule has 3 amide bonds. The van der Waals surface area contributed by atoms with Crippen molar-refractivity contribution in [2.45, 2.75) is 45.6 Å². The van der Waals surface area contributed by atoms with E-state index < -0.39 is 11.7 Å². The highest BCUT2D eigenvalue weighted by Crippen LogP contribution is 2.23. The summed E-state index contributed by atoms with van der Waals surface area (Å²) in [7, 11) is 1.56. The summed E-state index contributed by atoms with van der Waals surface area (Å²) < 4.78 is 5.16. The lowest BCUT2D eigenvalue weighted by atomic mass is 10.1. The van der Waals surface area contributed by atoms with E-state index in [0.29, 0.717) is 13.1 Å². The maximum absolute atomic E-state index is 12.2. The van der Waals surface area contributed by atoms with Gasteiger partial charge >= 0.3 is 12.1 Å². The number of likely N-dealkylation sites (tertiary alicyclic amines) is 1. The van der Waals surface area contributed by atoms with Crippen molar-refractivity contribution in [2.75, 3.05) is 20.1 Å². The molecule has 1 fully saturated rings. The number of imide groups is 1. The summed E-state index contributed by atoms with van der Waals surface area (Å²) in [6, 6.07) is -0.265. The first-order valence-electron chi connectivity index (χ1n) is 6.15. The Hall–Kier alpha value is -1.10. The highest BCUT2D eigenvalue weighted by atomic mass is 16.6. The number of nitrogens with one attached hydrogen (secondary N) is 1. The minimum absolute atomic E-state index is 0.215. The second-order valence-corrected chi connectivity index (χ2v) is 5.51. The van der Waals surface area contributed by atoms with Gasteiger partial charge in [-0.25, -0.2) is 4.79 Å². The Labute approximate surface area is 103 Å². The van der Waals surface area contributed by atoms with Crippen LogP contribution in [0.1, 0.15) is 40.0 Å². The van der Waals surface area contributed by atoms with E-state index in [2.05, 4.69) is 5.32 Å². The molecule has 0 aromatic carbocycles. The van der Waals surface area contributed by atoms with Gasteiger partial charge in [-0.05, 0) is 40.0 Å². The molecular formula is C12H23N2O3+. The van der Waals surface area contributed by atoms with E-state index in [4.69, 9.17) is 4.74 Å². The zero-order valence-electron chi connectivity index (χ0n) is 11.2. The molecule has 1 N–H and O–H groups in total. The summed E-state index contributed by atoms with van der Waals surface area (Å²) in [6.07, 6.45) is 2.40. The molecule has 0 saturated carbocycles. The summed E-state index contributed by atoms with van der Waals surface area (Å²) in [5, 5.41) is 2.57. The largest absolute Gasteiger partial charge is 0.525 e. The van der Waals surface area contributed by atoms with Crippen LogP contribution < -0.4 is 5.32 Å². The fourth-order valence-corrected chi connectivity index (χ4v) is 2.08. The molecule has 1 saturated heterocycles. The smallest absolute Gasteiger partial charge is 0.414 e. The Morgan fingerprint density at radius 3 is 2.06 bits per heavy atom. The number of urea groups is 1. The predicted molar refractivity (Wildman–Crippen MR) is 64.5 cm³/mol. The number of piperidine rings is 1. The van der Waals surface area contributed by atoms with Crippen molar-refractivity contribution in [3.8, 4) is 0 Å². The molecule has 0 aromatic rings. The number of quaternary nitrogens is 1. The molecule has 0 aliphatic carbocycles. The van der Waals surface area contributed by atoms with Crippen LogP contribution in [-0.4, -0.2) is 42.3 Å². The number of carbonyl (C=O) groups is 2. The van der Waals surface area contributed by atoms with Gasteiger partial charge in [0.2, 0.25) is 0 Å². The van der Waals surface area contributed by atoms with Crippen molar-refractivity contribution in [1.82, 2.24) is 5.32 Å². The summed E-state index contributed by atoms with van der Waals surface area (Å²) in [5.74, 6) is 0. The van der Waals surface area contributed by atoms with E-state index in [1.165, 1.54) is 0 Å². The number of ether oxygens (including phenoxy) is 1. The first-order valence-corrected chi connectivity index (χ1v) is 6.15. The second-order valence-electron chi connectivity index (χ2n) is 5.51. The van der Waals surface area contributed by atoms with Crippen LogP contribution in [0.2, 0.25) is 0 Å². The van der Waals surface area contributed by atoms with Gasteiger partial charge in [0.15, 0.2) is 0 Å². The Bertz CT molecular complexity index is 301.